The number of hydrogen-bond donors (Lipinski definition) is 2. The molecule has 0 aliphatic carbocycles. The van der Waals surface area contributed by atoms with Gasteiger partial charge < -0.3 is 15.5 Å². The lowest BCUT2D eigenvalue weighted by Gasteiger charge is -2.07. The molecule has 1 aromatic heterocycles. The van der Waals surface area contributed by atoms with E-state index in [9.17, 15) is 0 Å². The number of benzene rings is 2. The minimum Gasteiger partial charge on any atom is -0.489 e. The van der Waals surface area contributed by atoms with Crippen molar-refractivity contribution in [1.82, 2.24) is 4.98 Å². The van der Waals surface area contributed by atoms with Crippen LogP contribution in [0.3, 0.4) is 0 Å². The molecule has 3 heteroatoms. The van der Waals surface area contributed by atoms with E-state index in [1.165, 1.54) is 22.1 Å². The number of aromatic nitrogens is 1. The van der Waals surface area contributed by atoms with Gasteiger partial charge in [0, 0.05) is 17.1 Å². The summed E-state index contributed by atoms with van der Waals surface area (Å²) in [6.07, 6.45) is 2.91. The first-order valence-corrected chi connectivity index (χ1v) is 7.24. The Labute approximate surface area is 124 Å². The molecule has 3 nitrogen and oxygen atoms in total. The summed E-state index contributed by atoms with van der Waals surface area (Å²) in [5, 5.41) is 1.20. The fourth-order valence-corrected chi connectivity index (χ4v) is 2.46. The first-order chi connectivity index (χ1) is 10.3. The second kappa shape index (κ2) is 6.02. The van der Waals surface area contributed by atoms with Crippen molar-refractivity contribution >= 4 is 10.9 Å². The molecule has 21 heavy (non-hydrogen) atoms. The summed E-state index contributed by atoms with van der Waals surface area (Å²) in [5.74, 6) is 0.890. The normalized spacial score (nSPS) is 11.0. The number of aryl methyl sites for hydroxylation is 1. The lowest BCUT2D eigenvalue weighted by atomic mass is 10.1. The minimum absolute atomic E-state index is 0.586. The van der Waals surface area contributed by atoms with E-state index < -0.39 is 0 Å². The average Bonchev–Trinajstić information content (AvgIpc) is 2.90. The van der Waals surface area contributed by atoms with Crippen LogP contribution in [0.5, 0.6) is 5.75 Å². The highest BCUT2D eigenvalue weighted by Crippen LogP contribution is 2.24. The molecule has 3 N–H and O–H groups in total. The predicted molar refractivity (Wildman–Crippen MR) is 86.6 cm³/mol. The topological polar surface area (TPSA) is 51.0 Å². The molecule has 0 amide bonds. The smallest absolute Gasteiger partial charge is 0.120 e. The zero-order valence-electron chi connectivity index (χ0n) is 12.2. The summed E-state index contributed by atoms with van der Waals surface area (Å²) in [7, 11) is 0. The van der Waals surface area contributed by atoms with Crippen molar-refractivity contribution in [2.24, 2.45) is 5.73 Å². The monoisotopic (exact) mass is 280 g/mol. The second-order valence-electron chi connectivity index (χ2n) is 5.33. The Bertz CT molecular complexity index is 729. The Hall–Kier alpha value is -2.26. The van der Waals surface area contributed by atoms with Gasteiger partial charge in [-0.3, -0.25) is 0 Å². The lowest BCUT2D eigenvalue weighted by molar-refractivity contribution is 0.306. The molecule has 0 unspecified atom stereocenters. The first kappa shape index (κ1) is 13.7. The molecule has 2 aromatic carbocycles. The Morgan fingerprint density at radius 2 is 1.90 bits per heavy atom. The van der Waals surface area contributed by atoms with Crippen LogP contribution in [0.2, 0.25) is 0 Å². The van der Waals surface area contributed by atoms with Gasteiger partial charge in [0.05, 0.1) is 0 Å². The summed E-state index contributed by atoms with van der Waals surface area (Å²) in [4.78, 5) is 3.27. The predicted octanol–water partition coefficient (Wildman–Crippen LogP) is 3.56. The van der Waals surface area contributed by atoms with Gasteiger partial charge in [-0.2, -0.15) is 0 Å². The quantitative estimate of drug-likeness (QED) is 0.751. The van der Waals surface area contributed by atoms with Crippen molar-refractivity contribution in [3.63, 3.8) is 0 Å². The maximum Gasteiger partial charge on any atom is 0.120 e. The van der Waals surface area contributed by atoms with Gasteiger partial charge in [0.25, 0.3) is 0 Å². The molecule has 0 aliphatic heterocycles. The van der Waals surface area contributed by atoms with Crippen LogP contribution < -0.4 is 10.5 Å². The van der Waals surface area contributed by atoms with E-state index >= 15 is 0 Å². The number of H-pyrrole nitrogens is 1. The van der Waals surface area contributed by atoms with Gasteiger partial charge >= 0.3 is 0 Å². The Balaban J connectivity index is 1.77. The van der Waals surface area contributed by atoms with Crippen LogP contribution in [-0.2, 0) is 13.0 Å². The van der Waals surface area contributed by atoms with Crippen LogP contribution in [0, 0.1) is 6.92 Å². The summed E-state index contributed by atoms with van der Waals surface area (Å²) < 4.78 is 5.90. The fourth-order valence-electron chi connectivity index (χ4n) is 2.46. The number of ether oxygens (including phenoxy) is 1. The van der Waals surface area contributed by atoms with Gasteiger partial charge in [0.2, 0.25) is 0 Å². The zero-order chi connectivity index (χ0) is 14.7. The SMILES string of the molecule is Cc1ccc(COc2ccc3[nH]cc(CCN)c3c2)cc1. The molecule has 0 aliphatic rings. The molecule has 0 saturated heterocycles. The summed E-state index contributed by atoms with van der Waals surface area (Å²) in [5.41, 5.74) is 10.5. The highest BCUT2D eigenvalue weighted by Gasteiger charge is 2.05. The molecular weight excluding hydrogens is 260 g/mol. The molecular formula is C18H20N2O. The number of nitrogens with one attached hydrogen (secondary N) is 1. The van der Waals surface area contributed by atoms with E-state index in [2.05, 4.69) is 48.3 Å². The molecule has 0 saturated carbocycles. The maximum atomic E-state index is 5.90. The zero-order valence-corrected chi connectivity index (χ0v) is 12.2. The van der Waals surface area contributed by atoms with Crippen molar-refractivity contribution in [3.8, 4) is 5.75 Å². The number of aromatic amines is 1. The molecule has 0 bridgehead atoms. The van der Waals surface area contributed by atoms with E-state index in [4.69, 9.17) is 10.5 Å². The third kappa shape index (κ3) is 3.09. The first-order valence-electron chi connectivity index (χ1n) is 7.24. The summed E-state index contributed by atoms with van der Waals surface area (Å²) in [6.45, 7) is 3.33. The highest BCUT2D eigenvalue weighted by molar-refractivity contribution is 5.84. The van der Waals surface area contributed by atoms with E-state index in [1.54, 1.807) is 0 Å². The largest absolute Gasteiger partial charge is 0.489 e. The van der Waals surface area contributed by atoms with E-state index in [0.29, 0.717) is 13.2 Å². The van der Waals surface area contributed by atoms with Crippen LogP contribution in [0.1, 0.15) is 16.7 Å². The molecule has 3 rings (SSSR count). The van der Waals surface area contributed by atoms with Crippen LogP contribution >= 0.6 is 0 Å². The molecule has 0 radical (unpaired) electrons. The molecule has 108 valence electrons. The maximum absolute atomic E-state index is 5.90. The van der Waals surface area contributed by atoms with Crippen LogP contribution in [0.25, 0.3) is 10.9 Å². The number of rotatable bonds is 5. The number of nitrogens with two attached hydrogens (primary N) is 1. The number of hydrogen-bond acceptors (Lipinski definition) is 2. The van der Waals surface area contributed by atoms with Crippen molar-refractivity contribution in [2.45, 2.75) is 20.0 Å². The fraction of sp³-hybridized carbons (Fsp3) is 0.222. The van der Waals surface area contributed by atoms with Crippen molar-refractivity contribution < 1.29 is 4.74 Å². The second-order valence-corrected chi connectivity index (χ2v) is 5.33. The van der Waals surface area contributed by atoms with E-state index in [0.717, 1.165) is 17.7 Å². The third-order valence-corrected chi connectivity index (χ3v) is 3.68. The summed E-state index contributed by atoms with van der Waals surface area (Å²) >= 11 is 0. The van der Waals surface area contributed by atoms with Gasteiger partial charge in [-0.25, -0.2) is 0 Å². The van der Waals surface area contributed by atoms with Crippen LogP contribution in [-0.4, -0.2) is 11.5 Å². The van der Waals surface area contributed by atoms with Gasteiger partial charge in [0.15, 0.2) is 0 Å². The van der Waals surface area contributed by atoms with Crippen molar-refractivity contribution in [1.29, 1.82) is 0 Å². The average molecular weight is 280 g/mol. The molecule has 3 aromatic rings. The van der Waals surface area contributed by atoms with Crippen molar-refractivity contribution in [3.05, 3.63) is 65.4 Å². The lowest BCUT2D eigenvalue weighted by Crippen LogP contribution is -2.01. The molecule has 1 heterocycles. The van der Waals surface area contributed by atoms with Gasteiger partial charge in [-0.15, -0.1) is 0 Å². The minimum atomic E-state index is 0.586. The molecule has 0 spiro atoms. The summed E-state index contributed by atoms with van der Waals surface area (Å²) in [6, 6.07) is 14.6. The van der Waals surface area contributed by atoms with E-state index in [-0.39, 0.29) is 0 Å². The molecule has 0 fully saturated rings. The van der Waals surface area contributed by atoms with E-state index in [1.807, 2.05) is 12.3 Å². The van der Waals surface area contributed by atoms with Gasteiger partial charge in [-0.05, 0) is 49.2 Å². The van der Waals surface area contributed by atoms with Crippen molar-refractivity contribution in [2.75, 3.05) is 6.54 Å². The van der Waals surface area contributed by atoms with Gasteiger partial charge in [0.1, 0.15) is 12.4 Å². The number of fused-ring (bicyclic) bond motifs is 1. The van der Waals surface area contributed by atoms with Crippen LogP contribution in [0.4, 0.5) is 0 Å². The third-order valence-electron chi connectivity index (χ3n) is 3.68. The Morgan fingerprint density at radius 3 is 2.67 bits per heavy atom. The Kier molecular flexibility index (Phi) is 3.93. The highest BCUT2D eigenvalue weighted by atomic mass is 16.5. The molecule has 0 atom stereocenters. The Morgan fingerprint density at radius 1 is 1.10 bits per heavy atom. The standard InChI is InChI=1S/C18H20N2O/c1-13-2-4-14(5-3-13)12-21-16-6-7-18-17(10-16)15(8-9-19)11-20-18/h2-7,10-11,20H,8-9,12,19H2,1H3. The van der Waals surface area contributed by atoms with Crippen LogP contribution in [0.15, 0.2) is 48.7 Å². The van der Waals surface area contributed by atoms with Gasteiger partial charge in [-0.1, -0.05) is 29.8 Å².